The van der Waals surface area contributed by atoms with Crippen molar-refractivity contribution in [2.75, 3.05) is 6.54 Å². The number of amides is 1. The molecule has 0 aromatic carbocycles. The molecule has 1 aliphatic rings. The van der Waals surface area contributed by atoms with Crippen LogP contribution >= 0.6 is 12.4 Å². The molecule has 1 saturated carbocycles. The number of pyridine rings is 1. The van der Waals surface area contributed by atoms with E-state index in [1.165, 1.54) is 25.7 Å². The van der Waals surface area contributed by atoms with Gasteiger partial charge in [-0.3, -0.25) is 9.78 Å². The van der Waals surface area contributed by atoms with Crippen LogP contribution in [0.1, 0.15) is 48.7 Å². The summed E-state index contributed by atoms with van der Waals surface area (Å²) >= 11 is 0. The van der Waals surface area contributed by atoms with Gasteiger partial charge in [-0.15, -0.1) is 12.4 Å². The number of nitrogens with one attached hydrogen (secondary N) is 1. The van der Waals surface area contributed by atoms with Gasteiger partial charge in [0.05, 0.1) is 5.69 Å². The molecular formula is C14H22ClN3O. The van der Waals surface area contributed by atoms with Gasteiger partial charge in [0.25, 0.3) is 5.91 Å². The van der Waals surface area contributed by atoms with Gasteiger partial charge < -0.3 is 11.1 Å². The highest BCUT2D eigenvalue weighted by molar-refractivity contribution is 5.94. The Morgan fingerprint density at radius 2 is 2.26 bits per heavy atom. The first-order valence-electron chi connectivity index (χ1n) is 6.62. The first-order chi connectivity index (χ1) is 8.69. The van der Waals surface area contributed by atoms with E-state index in [1.807, 2.05) is 0 Å². The molecular weight excluding hydrogens is 262 g/mol. The number of nitrogens with zero attached hydrogens (tertiary/aromatic N) is 1. The Morgan fingerprint density at radius 3 is 2.84 bits per heavy atom. The Bertz CT molecular complexity index is 432. The molecule has 19 heavy (non-hydrogen) atoms. The van der Waals surface area contributed by atoms with Crippen molar-refractivity contribution < 1.29 is 4.79 Å². The van der Waals surface area contributed by atoms with E-state index in [2.05, 4.69) is 17.2 Å². The average molecular weight is 284 g/mol. The molecule has 0 saturated heterocycles. The quantitative estimate of drug-likeness (QED) is 0.841. The Balaban J connectivity index is 0.00000180. The second kappa shape index (κ2) is 6.87. The summed E-state index contributed by atoms with van der Waals surface area (Å²) in [6.07, 6.45) is 6.51. The highest BCUT2D eigenvalue weighted by atomic mass is 35.5. The zero-order valence-corrected chi connectivity index (χ0v) is 12.1. The van der Waals surface area contributed by atoms with Crippen molar-refractivity contribution in [3.8, 4) is 0 Å². The summed E-state index contributed by atoms with van der Waals surface area (Å²) in [7, 11) is 0. The topological polar surface area (TPSA) is 68.0 Å². The molecule has 2 rings (SSSR count). The third-order valence-corrected chi connectivity index (χ3v) is 3.65. The molecule has 1 aliphatic carbocycles. The molecule has 1 heterocycles. The number of halogens is 1. The third kappa shape index (κ3) is 4.18. The lowest BCUT2D eigenvalue weighted by Gasteiger charge is -2.15. The van der Waals surface area contributed by atoms with Crippen molar-refractivity contribution >= 4 is 18.3 Å². The summed E-state index contributed by atoms with van der Waals surface area (Å²) in [5.41, 5.74) is 7.30. The van der Waals surface area contributed by atoms with Gasteiger partial charge in [0.1, 0.15) is 0 Å². The molecule has 0 aliphatic heterocycles. The summed E-state index contributed by atoms with van der Waals surface area (Å²) in [6.45, 7) is 3.35. The summed E-state index contributed by atoms with van der Waals surface area (Å²) in [5.74, 6) is -0.0190. The Kier molecular flexibility index (Phi) is 5.76. The van der Waals surface area contributed by atoms with Crippen LogP contribution in [-0.4, -0.2) is 17.4 Å². The van der Waals surface area contributed by atoms with Crippen molar-refractivity contribution in [3.63, 3.8) is 0 Å². The number of aromatic nitrogens is 1. The van der Waals surface area contributed by atoms with Gasteiger partial charge in [-0.1, -0.05) is 13.3 Å². The second-order valence-electron chi connectivity index (χ2n) is 5.17. The van der Waals surface area contributed by atoms with Gasteiger partial charge in [-0.05, 0) is 36.8 Å². The van der Waals surface area contributed by atoms with Crippen molar-refractivity contribution in [2.24, 2.45) is 11.1 Å². The maximum Gasteiger partial charge on any atom is 0.251 e. The molecule has 0 unspecified atom stereocenters. The molecule has 0 atom stereocenters. The number of carbonyl (C=O) groups excluding carboxylic acids is 1. The van der Waals surface area contributed by atoms with Gasteiger partial charge in [-0.25, -0.2) is 0 Å². The van der Waals surface area contributed by atoms with Gasteiger partial charge >= 0.3 is 0 Å². The minimum atomic E-state index is -0.0190. The molecule has 106 valence electrons. The fraction of sp³-hybridized carbons (Fsp3) is 0.571. The predicted octanol–water partition coefficient (Wildman–Crippen LogP) is 2.27. The van der Waals surface area contributed by atoms with Crippen LogP contribution in [0.3, 0.4) is 0 Å². The Morgan fingerprint density at radius 1 is 1.53 bits per heavy atom. The standard InChI is InChI=1S/C14H21N3O.ClH/c1-2-4-14(5-6-14)10-17-13(18)11-3-7-16-12(8-11)9-15;/h3,7-8H,2,4-6,9-10,15H2,1H3,(H,17,18);1H. The van der Waals surface area contributed by atoms with Crippen molar-refractivity contribution in [1.82, 2.24) is 10.3 Å². The first-order valence-corrected chi connectivity index (χ1v) is 6.62. The molecule has 0 radical (unpaired) electrons. The molecule has 1 fully saturated rings. The fourth-order valence-corrected chi connectivity index (χ4v) is 2.32. The zero-order valence-electron chi connectivity index (χ0n) is 11.3. The smallest absolute Gasteiger partial charge is 0.251 e. The SMILES string of the molecule is CCCC1(CNC(=O)c2ccnc(CN)c2)CC1.Cl. The van der Waals surface area contributed by atoms with Crippen LogP contribution in [0.5, 0.6) is 0 Å². The van der Waals surface area contributed by atoms with Crippen LogP contribution < -0.4 is 11.1 Å². The maximum absolute atomic E-state index is 12.0. The zero-order chi connectivity index (χ0) is 13.0. The number of carbonyl (C=O) groups is 1. The van der Waals surface area contributed by atoms with E-state index in [0.717, 1.165) is 12.2 Å². The van der Waals surface area contributed by atoms with Crippen LogP contribution in [0.4, 0.5) is 0 Å². The number of hydrogen-bond acceptors (Lipinski definition) is 3. The molecule has 0 spiro atoms. The minimum Gasteiger partial charge on any atom is -0.351 e. The third-order valence-electron chi connectivity index (χ3n) is 3.65. The Labute approximate surface area is 120 Å². The van der Waals surface area contributed by atoms with Crippen LogP contribution in [-0.2, 0) is 6.54 Å². The number of rotatable bonds is 6. The number of nitrogens with two attached hydrogens (primary N) is 1. The minimum absolute atomic E-state index is 0. The maximum atomic E-state index is 12.0. The van der Waals surface area contributed by atoms with Crippen molar-refractivity contribution in [2.45, 2.75) is 39.2 Å². The van der Waals surface area contributed by atoms with E-state index >= 15 is 0 Å². The van der Waals surface area contributed by atoms with Crippen molar-refractivity contribution in [1.29, 1.82) is 0 Å². The van der Waals surface area contributed by atoms with Crippen molar-refractivity contribution in [3.05, 3.63) is 29.6 Å². The summed E-state index contributed by atoms with van der Waals surface area (Å²) < 4.78 is 0. The molecule has 5 heteroatoms. The largest absolute Gasteiger partial charge is 0.351 e. The summed E-state index contributed by atoms with van der Waals surface area (Å²) in [4.78, 5) is 16.1. The van der Waals surface area contributed by atoms with Crippen LogP contribution in [0.15, 0.2) is 18.3 Å². The van der Waals surface area contributed by atoms with E-state index in [-0.39, 0.29) is 18.3 Å². The van der Waals surface area contributed by atoms with Crippen LogP contribution in [0.25, 0.3) is 0 Å². The molecule has 3 N–H and O–H groups in total. The molecule has 4 nitrogen and oxygen atoms in total. The van der Waals surface area contributed by atoms with Gasteiger partial charge in [-0.2, -0.15) is 0 Å². The van der Waals surface area contributed by atoms with E-state index in [0.29, 0.717) is 17.5 Å². The van der Waals surface area contributed by atoms with E-state index in [9.17, 15) is 4.79 Å². The Hall–Kier alpha value is -1.13. The molecule has 1 aromatic heterocycles. The normalized spacial score (nSPS) is 15.5. The molecule has 0 bridgehead atoms. The highest BCUT2D eigenvalue weighted by Crippen LogP contribution is 2.48. The predicted molar refractivity (Wildman–Crippen MR) is 78.3 cm³/mol. The number of hydrogen-bond donors (Lipinski definition) is 2. The fourth-order valence-electron chi connectivity index (χ4n) is 2.32. The lowest BCUT2D eigenvalue weighted by molar-refractivity contribution is 0.0943. The van der Waals surface area contributed by atoms with Gasteiger partial charge in [0.2, 0.25) is 0 Å². The van der Waals surface area contributed by atoms with E-state index in [4.69, 9.17) is 5.73 Å². The first kappa shape index (κ1) is 15.9. The van der Waals surface area contributed by atoms with E-state index < -0.39 is 0 Å². The van der Waals surface area contributed by atoms with E-state index in [1.54, 1.807) is 18.3 Å². The van der Waals surface area contributed by atoms with Gasteiger partial charge in [0, 0.05) is 24.8 Å². The van der Waals surface area contributed by atoms with Crippen LogP contribution in [0.2, 0.25) is 0 Å². The van der Waals surface area contributed by atoms with Gasteiger partial charge in [0.15, 0.2) is 0 Å². The lowest BCUT2D eigenvalue weighted by atomic mass is 10.0. The van der Waals surface area contributed by atoms with Crippen LogP contribution in [0, 0.1) is 5.41 Å². The molecule has 1 aromatic rings. The summed E-state index contributed by atoms with van der Waals surface area (Å²) in [6, 6.07) is 3.49. The lowest BCUT2D eigenvalue weighted by Crippen LogP contribution is -2.30. The monoisotopic (exact) mass is 283 g/mol. The second-order valence-corrected chi connectivity index (χ2v) is 5.17. The molecule has 1 amide bonds. The summed E-state index contributed by atoms with van der Waals surface area (Å²) in [5, 5.41) is 3.03. The average Bonchev–Trinajstić information content (AvgIpc) is 3.17. The highest BCUT2D eigenvalue weighted by Gasteiger charge is 2.41.